The minimum atomic E-state index is -0.0593. The summed E-state index contributed by atoms with van der Waals surface area (Å²) >= 11 is 6.04. The number of aliphatic imine (C=N–C) groups is 1. The molecule has 1 aromatic rings. The van der Waals surface area contributed by atoms with Crippen LogP contribution in [0.25, 0.3) is 0 Å². The van der Waals surface area contributed by atoms with Crippen molar-refractivity contribution in [3.05, 3.63) is 90.0 Å². The van der Waals surface area contributed by atoms with Crippen molar-refractivity contribution in [1.29, 1.82) is 0 Å². The van der Waals surface area contributed by atoms with Crippen LogP contribution in [0.3, 0.4) is 0 Å². The number of nitrogens with two attached hydrogens (primary N) is 2. The number of rotatable bonds is 11. The van der Waals surface area contributed by atoms with Crippen LogP contribution in [-0.2, 0) is 4.79 Å². The maximum atomic E-state index is 10.9. The molecule has 0 heterocycles. The quantitative estimate of drug-likeness (QED) is 0.160. The first kappa shape index (κ1) is 24.6. The van der Waals surface area contributed by atoms with Crippen LogP contribution < -0.4 is 27.4 Å². The van der Waals surface area contributed by atoms with E-state index in [1.54, 1.807) is 30.4 Å². The Labute approximate surface area is 183 Å². The van der Waals surface area contributed by atoms with Crippen molar-refractivity contribution in [2.24, 2.45) is 16.5 Å². The van der Waals surface area contributed by atoms with Gasteiger partial charge in [-0.1, -0.05) is 30.8 Å². The molecule has 0 atom stereocenters. The number of carbonyl (C=O) groups excluding carboxylic acids is 1. The Morgan fingerprint density at radius 2 is 2.03 bits per heavy atom. The minimum absolute atomic E-state index is 0.0593. The third kappa shape index (κ3) is 9.66. The molecule has 1 amide bonds. The lowest BCUT2D eigenvalue weighted by Crippen LogP contribution is -2.25. The summed E-state index contributed by atoms with van der Waals surface area (Å²) in [6.07, 6.45) is 8.63. The van der Waals surface area contributed by atoms with Crippen LogP contribution in [0.15, 0.2) is 90.0 Å². The number of carbonyl (C=O) groups is 1. The van der Waals surface area contributed by atoms with E-state index in [9.17, 15) is 4.79 Å². The minimum Gasteiger partial charge on any atom is -0.405 e. The van der Waals surface area contributed by atoms with E-state index >= 15 is 0 Å². The maximum absolute atomic E-state index is 10.9. The van der Waals surface area contributed by atoms with Crippen molar-refractivity contribution in [2.75, 3.05) is 18.4 Å². The Bertz CT molecular complexity index is 870. The molecule has 30 heavy (non-hydrogen) atoms. The number of hydrogen-bond acceptors (Lipinski definition) is 5. The van der Waals surface area contributed by atoms with Crippen LogP contribution in [0, 0.1) is 0 Å². The van der Waals surface area contributed by atoms with Gasteiger partial charge < -0.3 is 27.4 Å². The molecule has 0 aromatic heterocycles. The molecule has 0 aliphatic heterocycles. The Morgan fingerprint density at radius 3 is 2.67 bits per heavy atom. The molecule has 0 saturated carbocycles. The molecule has 0 bridgehead atoms. The summed E-state index contributed by atoms with van der Waals surface area (Å²) in [5, 5.41) is 9.69. The monoisotopic (exact) mass is 428 g/mol. The second-order valence-corrected chi connectivity index (χ2v) is 6.58. The van der Waals surface area contributed by atoms with Gasteiger partial charge in [0.05, 0.1) is 0 Å². The first-order valence-corrected chi connectivity index (χ1v) is 9.70. The molecule has 1 aromatic carbocycles. The van der Waals surface area contributed by atoms with Crippen LogP contribution in [0.4, 0.5) is 5.69 Å². The number of nitrogens with zero attached hydrogens (tertiary/aromatic N) is 1. The van der Waals surface area contributed by atoms with Crippen molar-refractivity contribution in [3.63, 3.8) is 0 Å². The average Bonchev–Trinajstić information content (AvgIpc) is 2.68. The zero-order chi connectivity index (χ0) is 22.4. The van der Waals surface area contributed by atoms with Crippen LogP contribution in [-0.4, -0.2) is 24.8 Å². The highest BCUT2D eigenvalue weighted by Crippen LogP contribution is 2.17. The largest absolute Gasteiger partial charge is 0.405 e. The van der Waals surface area contributed by atoms with E-state index in [1.807, 2.05) is 12.1 Å². The molecule has 0 saturated heterocycles. The van der Waals surface area contributed by atoms with Crippen LogP contribution in [0.2, 0.25) is 5.02 Å². The second-order valence-electron chi connectivity index (χ2n) is 6.14. The molecule has 0 spiro atoms. The van der Waals surface area contributed by atoms with E-state index in [1.165, 1.54) is 19.3 Å². The highest BCUT2D eigenvalue weighted by atomic mass is 35.5. The Morgan fingerprint density at radius 1 is 1.30 bits per heavy atom. The number of halogens is 1. The van der Waals surface area contributed by atoms with Crippen molar-refractivity contribution >= 4 is 29.0 Å². The number of benzene rings is 1. The van der Waals surface area contributed by atoms with Crippen molar-refractivity contribution in [2.45, 2.75) is 13.3 Å². The average molecular weight is 429 g/mol. The predicted molar refractivity (Wildman–Crippen MR) is 127 cm³/mol. The van der Waals surface area contributed by atoms with E-state index in [0.29, 0.717) is 40.9 Å². The summed E-state index contributed by atoms with van der Waals surface area (Å²) in [6, 6.07) is 7.24. The number of allylic oxidation sites excluding steroid dienone is 2. The molecule has 0 fully saturated rings. The number of hydrogen-bond donors (Lipinski definition) is 5. The number of anilines is 1. The van der Waals surface area contributed by atoms with Gasteiger partial charge in [-0.25, -0.2) is 4.99 Å². The lowest BCUT2D eigenvalue weighted by molar-refractivity contribution is -0.118. The van der Waals surface area contributed by atoms with Crippen molar-refractivity contribution in [3.8, 4) is 0 Å². The molecule has 0 unspecified atom stereocenters. The summed E-state index contributed by atoms with van der Waals surface area (Å²) in [4.78, 5) is 15.2. The molecular weight excluding hydrogens is 400 g/mol. The van der Waals surface area contributed by atoms with E-state index in [0.717, 1.165) is 12.1 Å². The molecule has 0 radical (unpaired) electrons. The third-order valence-corrected chi connectivity index (χ3v) is 3.93. The summed E-state index contributed by atoms with van der Waals surface area (Å²) in [5.74, 6) is 0.418. The second kappa shape index (κ2) is 13.7. The number of amidine groups is 1. The smallest absolute Gasteiger partial charge is 0.216 e. The van der Waals surface area contributed by atoms with E-state index in [2.05, 4.69) is 34.1 Å². The van der Waals surface area contributed by atoms with Gasteiger partial charge in [0, 0.05) is 60.0 Å². The van der Waals surface area contributed by atoms with Gasteiger partial charge in [0.1, 0.15) is 5.84 Å². The van der Waals surface area contributed by atoms with Gasteiger partial charge in [-0.05, 0) is 43.0 Å². The lowest BCUT2D eigenvalue weighted by Gasteiger charge is -2.15. The first-order valence-electron chi connectivity index (χ1n) is 9.32. The molecule has 7 nitrogen and oxygen atoms in total. The van der Waals surface area contributed by atoms with Gasteiger partial charge in [0.2, 0.25) is 5.91 Å². The lowest BCUT2D eigenvalue weighted by atomic mass is 10.1. The fraction of sp³-hybridized carbons (Fsp3) is 0.182. The first-order chi connectivity index (χ1) is 14.4. The topological polar surface area (TPSA) is 118 Å². The molecule has 160 valence electrons. The van der Waals surface area contributed by atoms with Gasteiger partial charge in [-0.3, -0.25) is 4.79 Å². The van der Waals surface area contributed by atoms with Crippen LogP contribution in [0.1, 0.15) is 13.3 Å². The SMILES string of the molecule is C=C\N=C(/C=C(N)/C(=C/C=C\N)C(=C)NCCCNC(C)=O)Nc1cccc(Cl)c1. The molecule has 7 N–H and O–H groups in total. The van der Waals surface area contributed by atoms with Gasteiger partial charge in [0.25, 0.3) is 0 Å². The van der Waals surface area contributed by atoms with Crippen molar-refractivity contribution in [1.82, 2.24) is 10.6 Å². The maximum Gasteiger partial charge on any atom is 0.216 e. The summed E-state index contributed by atoms with van der Waals surface area (Å²) in [6.45, 7) is 10.4. The Kier molecular flexibility index (Phi) is 11.2. The fourth-order valence-corrected chi connectivity index (χ4v) is 2.54. The molecular formula is C22H29ClN6O. The van der Waals surface area contributed by atoms with Crippen molar-refractivity contribution < 1.29 is 4.79 Å². The van der Waals surface area contributed by atoms with Gasteiger partial charge in [0.15, 0.2) is 0 Å². The van der Waals surface area contributed by atoms with Gasteiger partial charge in [-0.15, -0.1) is 0 Å². The summed E-state index contributed by atoms with van der Waals surface area (Å²) in [7, 11) is 0. The summed E-state index contributed by atoms with van der Waals surface area (Å²) in [5.41, 5.74) is 14.2. The third-order valence-electron chi connectivity index (χ3n) is 3.70. The zero-order valence-corrected chi connectivity index (χ0v) is 17.9. The highest BCUT2D eigenvalue weighted by Gasteiger charge is 2.08. The molecule has 0 aliphatic carbocycles. The van der Waals surface area contributed by atoms with Crippen LogP contribution >= 0.6 is 11.6 Å². The van der Waals surface area contributed by atoms with E-state index < -0.39 is 0 Å². The van der Waals surface area contributed by atoms with Gasteiger partial charge in [-0.2, -0.15) is 0 Å². The van der Waals surface area contributed by atoms with Crippen LogP contribution in [0.5, 0.6) is 0 Å². The number of nitrogens with one attached hydrogen (secondary N) is 3. The Balaban J connectivity index is 2.95. The zero-order valence-electron chi connectivity index (χ0n) is 17.1. The summed E-state index contributed by atoms with van der Waals surface area (Å²) < 4.78 is 0. The molecule has 0 aliphatic rings. The van der Waals surface area contributed by atoms with Gasteiger partial charge >= 0.3 is 0 Å². The molecule has 1 rings (SSSR count). The fourth-order valence-electron chi connectivity index (χ4n) is 2.35. The normalized spacial score (nSPS) is 12.5. The highest BCUT2D eigenvalue weighted by molar-refractivity contribution is 6.31. The van der Waals surface area contributed by atoms with E-state index in [-0.39, 0.29) is 5.91 Å². The molecule has 8 heteroatoms. The van der Waals surface area contributed by atoms with E-state index in [4.69, 9.17) is 23.1 Å². The standard InChI is InChI=1S/C22H29ClN6O/c1-4-26-22(29-19-9-5-8-18(23)14-19)15-21(25)20(10-6-11-24)16(2)27-12-7-13-28-17(3)30/h4-6,8-11,14-15,27H,1-2,7,12-13,24-25H2,3H3,(H,26,29)(H,28,30)/b11-6-,20-10+,21-15-. The predicted octanol–water partition coefficient (Wildman–Crippen LogP) is 3.16. The number of amides is 1. The Hall–Kier alpha value is -3.45.